The smallest absolute Gasteiger partial charge is 0.336 e. The van der Waals surface area contributed by atoms with Crippen molar-refractivity contribution in [3.8, 4) is 11.4 Å². The minimum atomic E-state index is -0.384. The Labute approximate surface area is 167 Å². The van der Waals surface area contributed by atoms with Gasteiger partial charge in [0, 0.05) is 27.2 Å². The number of hydrogen-bond acceptors (Lipinski definition) is 6. The van der Waals surface area contributed by atoms with Crippen LogP contribution in [0.4, 0.5) is 0 Å². The number of nitrogens with zero attached hydrogens (tertiary/aromatic N) is 3. The Balaban J connectivity index is 1.62. The Morgan fingerprint density at radius 3 is 2.70 bits per heavy atom. The summed E-state index contributed by atoms with van der Waals surface area (Å²) < 4.78 is 7.60. The number of nitrogens with two attached hydrogens (primary N) is 1. The zero-order valence-corrected chi connectivity index (χ0v) is 16.8. The van der Waals surface area contributed by atoms with Gasteiger partial charge in [0.1, 0.15) is 5.58 Å². The van der Waals surface area contributed by atoms with Gasteiger partial charge < -0.3 is 10.3 Å². The van der Waals surface area contributed by atoms with Crippen LogP contribution < -0.4 is 11.5 Å². The maximum absolute atomic E-state index is 11.9. The highest BCUT2D eigenvalue weighted by Crippen LogP contribution is 2.28. The predicted molar refractivity (Wildman–Crippen MR) is 110 cm³/mol. The molecule has 2 aromatic heterocycles. The molecule has 27 heavy (non-hydrogen) atoms. The number of fused-ring (bicyclic) bond motifs is 1. The zero-order chi connectivity index (χ0) is 19.0. The minimum absolute atomic E-state index is 0.384. The van der Waals surface area contributed by atoms with Crippen LogP contribution in [0.1, 0.15) is 11.1 Å². The molecule has 0 fully saturated rings. The van der Waals surface area contributed by atoms with E-state index in [0.717, 1.165) is 26.5 Å². The minimum Gasteiger partial charge on any atom is -0.423 e. The third-order valence-corrected chi connectivity index (χ3v) is 5.61. The number of aromatic nitrogens is 3. The van der Waals surface area contributed by atoms with Crippen molar-refractivity contribution in [2.24, 2.45) is 0 Å². The molecule has 0 saturated carbocycles. The largest absolute Gasteiger partial charge is 0.423 e. The molecule has 2 aromatic carbocycles. The molecule has 0 amide bonds. The van der Waals surface area contributed by atoms with E-state index < -0.39 is 0 Å². The van der Waals surface area contributed by atoms with E-state index in [1.165, 1.54) is 22.5 Å². The van der Waals surface area contributed by atoms with Crippen molar-refractivity contribution in [3.05, 3.63) is 74.6 Å². The van der Waals surface area contributed by atoms with Crippen molar-refractivity contribution < 1.29 is 4.42 Å². The first-order chi connectivity index (χ1) is 13.0. The SMILES string of the molecule is Cc1ccc(-c2nnc(SCc3cc(=O)oc4cc(Br)ccc34)n2N)cc1. The van der Waals surface area contributed by atoms with Gasteiger partial charge in [0.15, 0.2) is 5.82 Å². The molecule has 4 aromatic rings. The highest BCUT2D eigenvalue weighted by atomic mass is 79.9. The van der Waals surface area contributed by atoms with E-state index >= 15 is 0 Å². The third-order valence-electron chi connectivity index (χ3n) is 4.12. The number of halogens is 1. The van der Waals surface area contributed by atoms with E-state index in [0.29, 0.717) is 22.3 Å². The monoisotopic (exact) mass is 442 g/mol. The second-order valence-corrected chi connectivity index (χ2v) is 7.92. The fourth-order valence-electron chi connectivity index (χ4n) is 2.74. The highest BCUT2D eigenvalue weighted by Gasteiger charge is 2.14. The number of thioether (sulfide) groups is 1. The zero-order valence-electron chi connectivity index (χ0n) is 14.3. The molecule has 8 heteroatoms. The van der Waals surface area contributed by atoms with Crippen LogP contribution in [0.25, 0.3) is 22.4 Å². The lowest BCUT2D eigenvalue weighted by atomic mass is 10.1. The van der Waals surface area contributed by atoms with Gasteiger partial charge in [0.05, 0.1) is 0 Å². The van der Waals surface area contributed by atoms with Gasteiger partial charge in [-0.1, -0.05) is 57.5 Å². The van der Waals surface area contributed by atoms with Gasteiger partial charge in [-0.2, -0.15) is 0 Å². The molecular formula is C19H15BrN4O2S. The lowest BCUT2D eigenvalue weighted by molar-refractivity contribution is 0.559. The third kappa shape index (κ3) is 3.63. The summed E-state index contributed by atoms with van der Waals surface area (Å²) >= 11 is 4.81. The van der Waals surface area contributed by atoms with Crippen molar-refractivity contribution in [3.63, 3.8) is 0 Å². The van der Waals surface area contributed by atoms with Crippen LogP contribution in [0.3, 0.4) is 0 Å². The standard InChI is InChI=1S/C19H15BrN4O2S/c1-11-2-4-12(5-3-11)18-22-23-19(24(18)21)27-10-13-8-17(25)26-16-9-14(20)6-7-15(13)16/h2-9H,10,21H2,1H3. The van der Waals surface area contributed by atoms with Crippen LogP contribution in [-0.2, 0) is 5.75 Å². The molecule has 0 aliphatic carbocycles. The molecule has 2 heterocycles. The number of benzene rings is 2. The predicted octanol–water partition coefficient (Wildman–Crippen LogP) is 4.13. The van der Waals surface area contributed by atoms with E-state index in [1.54, 1.807) is 6.07 Å². The van der Waals surface area contributed by atoms with Gasteiger partial charge in [-0.15, -0.1) is 10.2 Å². The Morgan fingerprint density at radius 1 is 1.15 bits per heavy atom. The number of nitrogen functional groups attached to an aromatic ring is 1. The number of rotatable bonds is 4. The van der Waals surface area contributed by atoms with Crippen LogP contribution in [0.5, 0.6) is 0 Å². The second kappa shape index (κ2) is 7.21. The van der Waals surface area contributed by atoms with Crippen molar-refractivity contribution in [2.75, 3.05) is 5.84 Å². The van der Waals surface area contributed by atoms with E-state index in [4.69, 9.17) is 10.3 Å². The van der Waals surface area contributed by atoms with Crippen molar-refractivity contribution in [1.29, 1.82) is 0 Å². The van der Waals surface area contributed by atoms with Crippen molar-refractivity contribution >= 4 is 38.7 Å². The molecule has 0 aliphatic heterocycles. The molecule has 2 N–H and O–H groups in total. The molecule has 0 atom stereocenters. The summed E-state index contributed by atoms with van der Waals surface area (Å²) in [7, 11) is 0. The quantitative estimate of drug-likeness (QED) is 0.290. The lowest BCUT2D eigenvalue weighted by Gasteiger charge is -2.06. The average molecular weight is 443 g/mol. The van der Waals surface area contributed by atoms with E-state index in [9.17, 15) is 4.79 Å². The van der Waals surface area contributed by atoms with Gasteiger partial charge in [0.25, 0.3) is 0 Å². The summed E-state index contributed by atoms with van der Waals surface area (Å²) in [5.74, 6) is 7.30. The number of hydrogen-bond donors (Lipinski definition) is 1. The fourth-order valence-corrected chi connectivity index (χ4v) is 3.93. The molecule has 0 bridgehead atoms. The van der Waals surface area contributed by atoms with Gasteiger partial charge in [-0.25, -0.2) is 9.47 Å². The summed E-state index contributed by atoms with van der Waals surface area (Å²) in [6.07, 6.45) is 0. The van der Waals surface area contributed by atoms with Crippen LogP contribution in [0.2, 0.25) is 0 Å². The molecule has 0 spiro atoms. The van der Waals surface area contributed by atoms with E-state index in [-0.39, 0.29) is 5.63 Å². The van der Waals surface area contributed by atoms with Crippen LogP contribution in [-0.4, -0.2) is 14.9 Å². The Hall–Kier alpha value is -2.58. The molecule has 0 unspecified atom stereocenters. The van der Waals surface area contributed by atoms with Crippen LogP contribution >= 0.6 is 27.7 Å². The normalized spacial score (nSPS) is 11.2. The Kier molecular flexibility index (Phi) is 4.75. The first-order valence-electron chi connectivity index (χ1n) is 8.14. The van der Waals surface area contributed by atoms with Crippen molar-refractivity contribution in [2.45, 2.75) is 17.8 Å². The van der Waals surface area contributed by atoms with Gasteiger partial charge in [-0.3, -0.25) is 0 Å². The van der Waals surface area contributed by atoms with Gasteiger partial charge >= 0.3 is 5.63 Å². The second-order valence-electron chi connectivity index (χ2n) is 6.06. The highest BCUT2D eigenvalue weighted by molar-refractivity contribution is 9.10. The topological polar surface area (TPSA) is 86.9 Å². The molecule has 0 radical (unpaired) electrons. The van der Waals surface area contributed by atoms with Crippen LogP contribution in [0, 0.1) is 6.92 Å². The van der Waals surface area contributed by atoms with Gasteiger partial charge in [-0.05, 0) is 30.7 Å². The first-order valence-corrected chi connectivity index (χ1v) is 9.92. The molecule has 0 saturated heterocycles. The fraction of sp³-hybridized carbons (Fsp3) is 0.105. The number of aryl methyl sites for hydroxylation is 1. The summed E-state index contributed by atoms with van der Waals surface area (Å²) in [6, 6.07) is 15.1. The molecular weight excluding hydrogens is 428 g/mol. The Morgan fingerprint density at radius 2 is 1.93 bits per heavy atom. The van der Waals surface area contributed by atoms with E-state index in [2.05, 4.69) is 26.1 Å². The van der Waals surface area contributed by atoms with Crippen LogP contribution in [0.15, 0.2) is 67.4 Å². The summed E-state index contributed by atoms with van der Waals surface area (Å²) in [5.41, 5.74) is 3.09. The van der Waals surface area contributed by atoms with Gasteiger partial charge in [0.2, 0.25) is 5.16 Å². The maximum Gasteiger partial charge on any atom is 0.336 e. The molecule has 6 nitrogen and oxygen atoms in total. The molecule has 0 aliphatic rings. The van der Waals surface area contributed by atoms with E-state index in [1.807, 2.05) is 43.3 Å². The summed E-state index contributed by atoms with van der Waals surface area (Å²) in [4.78, 5) is 11.9. The summed E-state index contributed by atoms with van der Waals surface area (Å²) in [5, 5.41) is 9.84. The first kappa shape index (κ1) is 17.8. The molecule has 4 rings (SSSR count). The molecule has 136 valence electrons. The lowest BCUT2D eigenvalue weighted by Crippen LogP contribution is -2.11. The summed E-state index contributed by atoms with van der Waals surface area (Å²) in [6.45, 7) is 2.03. The average Bonchev–Trinajstić information content (AvgIpc) is 3.00. The maximum atomic E-state index is 11.9. The van der Waals surface area contributed by atoms with Crippen molar-refractivity contribution in [1.82, 2.24) is 14.9 Å². The Bertz CT molecular complexity index is 1180.